The van der Waals surface area contributed by atoms with E-state index in [9.17, 15) is 5.11 Å². The second kappa shape index (κ2) is 7.78. The van der Waals surface area contributed by atoms with Crippen molar-refractivity contribution in [1.29, 1.82) is 0 Å². The van der Waals surface area contributed by atoms with Crippen LogP contribution in [-0.4, -0.2) is 26.1 Å². The summed E-state index contributed by atoms with van der Waals surface area (Å²) in [6, 6.07) is 0. The normalized spacial score (nSPS) is 17.3. The number of hydrogen-bond donors (Lipinski definition) is 1. The van der Waals surface area contributed by atoms with Crippen molar-refractivity contribution < 1.29 is 28.4 Å². The van der Waals surface area contributed by atoms with Gasteiger partial charge < -0.3 is 21.9 Å². The van der Waals surface area contributed by atoms with Gasteiger partial charge in [-0.3, -0.25) is 0 Å². The molecule has 3 atom stereocenters. The van der Waals surface area contributed by atoms with E-state index in [-0.39, 0.29) is 35.7 Å². The van der Waals surface area contributed by atoms with Crippen molar-refractivity contribution in [2.24, 2.45) is 11.8 Å². The maximum atomic E-state index is 9.94. The third kappa shape index (κ3) is 5.96. The third-order valence-electron chi connectivity index (χ3n) is 3.84. The molecule has 0 aliphatic carbocycles. The summed E-state index contributed by atoms with van der Waals surface area (Å²) in [4.78, 5) is 0. The van der Waals surface area contributed by atoms with Crippen molar-refractivity contribution in [2.75, 3.05) is 6.61 Å². The minimum atomic E-state index is -1.74. The van der Waals surface area contributed by atoms with E-state index in [1.54, 1.807) is 6.92 Å². The Hall–Kier alpha value is 0.294. The van der Waals surface area contributed by atoms with Crippen LogP contribution in [-0.2, 0) is 4.43 Å². The molecule has 18 heavy (non-hydrogen) atoms. The molecule has 0 saturated heterocycles. The van der Waals surface area contributed by atoms with Crippen LogP contribution in [0.5, 0.6) is 0 Å². The quantitative estimate of drug-likeness (QED) is 0.437. The Kier molecular flexibility index (Phi) is 8.91. The molecule has 0 aromatic rings. The molecule has 0 aliphatic heterocycles. The standard InChI is InChI=1S/C14H27O2Si.Li/c1-9-11(2)13(15)12(3)10-16-17(7,8)14(4,5)6;/h11-13,15H,10H2,2-8H3;/q-1;+1/t11-,12-,13-;/m0./s1. The molecule has 0 amide bonds. The van der Waals surface area contributed by atoms with Crippen LogP contribution in [0.2, 0.25) is 18.1 Å². The molecule has 0 spiro atoms. The molecule has 0 aliphatic rings. The monoisotopic (exact) mass is 262 g/mol. The summed E-state index contributed by atoms with van der Waals surface area (Å²) in [5, 5.41) is 10.1. The van der Waals surface area contributed by atoms with E-state index in [0.29, 0.717) is 6.61 Å². The van der Waals surface area contributed by atoms with Gasteiger partial charge in [0.25, 0.3) is 0 Å². The molecule has 1 N–H and O–H groups in total. The molecule has 0 saturated carbocycles. The number of aliphatic hydroxyl groups excluding tert-OH is 1. The van der Waals surface area contributed by atoms with Gasteiger partial charge in [0.15, 0.2) is 8.32 Å². The summed E-state index contributed by atoms with van der Waals surface area (Å²) < 4.78 is 6.06. The first-order chi connectivity index (χ1) is 7.53. The minimum Gasteiger partial charge on any atom is -0.693 e. The van der Waals surface area contributed by atoms with Gasteiger partial charge in [-0.15, -0.1) is 0 Å². The molecule has 0 rings (SSSR count). The summed E-state index contributed by atoms with van der Waals surface area (Å²) in [5.74, 6) is 2.14. The van der Waals surface area contributed by atoms with E-state index in [1.165, 1.54) is 0 Å². The average molecular weight is 262 g/mol. The summed E-state index contributed by atoms with van der Waals surface area (Å²) in [5.41, 5.74) is 0. The number of aliphatic hydroxyl groups is 1. The molecule has 4 heteroatoms. The first-order valence-electron chi connectivity index (χ1n) is 6.27. The maximum absolute atomic E-state index is 9.94. The van der Waals surface area contributed by atoms with Gasteiger partial charge in [0.1, 0.15) is 0 Å². The average Bonchev–Trinajstić information content (AvgIpc) is 2.22. The predicted octanol–water partition coefficient (Wildman–Crippen LogP) is 0.235. The summed E-state index contributed by atoms with van der Waals surface area (Å²) in [6.07, 6.45) is 6.50. The molecule has 2 nitrogen and oxygen atoms in total. The molecule has 0 unspecified atom stereocenters. The van der Waals surface area contributed by atoms with Crippen molar-refractivity contribution in [1.82, 2.24) is 0 Å². The van der Waals surface area contributed by atoms with E-state index in [0.717, 1.165) is 0 Å². The Bertz CT molecular complexity index is 278. The summed E-state index contributed by atoms with van der Waals surface area (Å²) in [7, 11) is -1.74. The molecule has 0 aromatic heterocycles. The molecular formula is C14H27LiO2Si. The van der Waals surface area contributed by atoms with E-state index in [4.69, 9.17) is 10.8 Å². The van der Waals surface area contributed by atoms with Crippen molar-refractivity contribution >= 4 is 8.32 Å². The Morgan fingerprint density at radius 3 is 2.06 bits per heavy atom. The van der Waals surface area contributed by atoms with Gasteiger partial charge in [-0.05, 0) is 18.1 Å². The molecule has 0 bridgehead atoms. The first-order valence-corrected chi connectivity index (χ1v) is 9.18. The minimum absolute atomic E-state index is 0. The molecular weight excluding hydrogens is 235 g/mol. The smallest absolute Gasteiger partial charge is 0.693 e. The fourth-order valence-electron chi connectivity index (χ4n) is 1.23. The molecule has 0 radical (unpaired) electrons. The van der Waals surface area contributed by atoms with Crippen molar-refractivity contribution in [3.8, 4) is 5.92 Å². The van der Waals surface area contributed by atoms with Crippen LogP contribution in [0, 0.1) is 24.2 Å². The van der Waals surface area contributed by atoms with Gasteiger partial charge in [-0.25, -0.2) is 0 Å². The van der Waals surface area contributed by atoms with E-state index in [2.05, 4.69) is 39.8 Å². The van der Waals surface area contributed by atoms with E-state index in [1.807, 2.05) is 6.92 Å². The number of rotatable bonds is 5. The molecule has 100 valence electrons. The second-order valence-corrected chi connectivity index (χ2v) is 11.3. The van der Waals surface area contributed by atoms with Gasteiger partial charge in [-0.2, -0.15) is 0 Å². The fourth-order valence-corrected chi connectivity index (χ4v) is 2.35. The van der Waals surface area contributed by atoms with Crippen LogP contribution >= 0.6 is 0 Å². The van der Waals surface area contributed by atoms with E-state index >= 15 is 0 Å². The third-order valence-corrected chi connectivity index (χ3v) is 8.34. The van der Waals surface area contributed by atoms with E-state index < -0.39 is 14.4 Å². The van der Waals surface area contributed by atoms with Crippen LogP contribution in [0.1, 0.15) is 34.6 Å². The maximum Gasteiger partial charge on any atom is 1.00 e. The summed E-state index contributed by atoms with van der Waals surface area (Å²) in [6.45, 7) is 15.4. The first kappa shape index (κ1) is 20.6. The van der Waals surface area contributed by atoms with Crippen LogP contribution in [0.4, 0.5) is 0 Å². The van der Waals surface area contributed by atoms with Crippen molar-refractivity contribution in [3.05, 3.63) is 6.42 Å². The van der Waals surface area contributed by atoms with Gasteiger partial charge in [0, 0.05) is 18.4 Å². The van der Waals surface area contributed by atoms with Gasteiger partial charge in [-0.1, -0.05) is 34.6 Å². The second-order valence-electron chi connectivity index (χ2n) is 6.47. The Balaban J connectivity index is 0. The zero-order valence-electron chi connectivity index (χ0n) is 13.3. The van der Waals surface area contributed by atoms with Crippen LogP contribution < -0.4 is 18.9 Å². The largest absolute Gasteiger partial charge is 1.00 e. The van der Waals surface area contributed by atoms with Crippen molar-refractivity contribution in [2.45, 2.75) is 58.9 Å². The topological polar surface area (TPSA) is 29.5 Å². The van der Waals surface area contributed by atoms with Crippen LogP contribution in [0.15, 0.2) is 0 Å². The Morgan fingerprint density at radius 1 is 1.28 bits per heavy atom. The van der Waals surface area contributed by atoms with Crippen molar-refractivity contribution in [3.63, 3.8) is 0 Å². The van der Waals surface area contributed by atoms with Gasteiger partial charge in [0.2, 0.25) is 0 Å². The van der Waals surface area contributed by atoms with Crippen LogP contribution in [0.25, 0.3) is 0 Å². The Labute approximate surface area is 126 Å². The SMILES string of the molecule is [C-]#C[C@H](C)[C@H](O)[C@@H](C)CO[Si](C)(C)C(C)(C)C.[Li+]. The zero-order valence-corrected chi connectivity index (χ0v) is 14.3. The molecule has 0 fully saturated rings. The molecule has 0 aromatic carbocycles. The van der Waals surface area contributed by atoms with Gasteiger partial charge >= 0.3 is 18.9 Å². The zero-order chi connectivity index (χ0) is 13.9. The van der Waals surface area contributed by atoms with Crippen LogP contribution in [0.3, 0.4) is 0 Å². The van der Waals surface area contributed by atoms with Gasteiger partial charge in [0.05, 0.1) is 6.10 Å². The Morgan fingerprint density at radius 2 is 1.72 bits per heavy atom. The molecule has 0 heterocycles. The summed E-state index contributed by atoms with van der Waals surface area (Å²) >= 11 is 0. The predicted molar refractivity (Wildman–Crippen MR) is 74.6 cm³/mol. The fraction of sp³-hybridized carbons (Fsp3) is 0.857. The number of hydrogen-bond acceptors (Lipinski definition) is 2.